The predicted octanol–water partition coefficient (Wildman–Crippen LogP) is 3.13. The molecule has 148 valence electrons. The Hall–Kier alpha value is -4.23. The molecule has 2 heterocycles. The molecule has 0 aliphatic carbocycles. The Morgan fingerprint density at radius 1 is 1.07 bits per heavy atom. The number of nitrogens with zero attached hydrogens (tertiary/aromatic N) is 5. The molecule has 1 N–H and O–H groups in total. The molecule has 0 aliphatic heterocycles. The van der Waals surface area contributed by atoms with Gasteiger partial charge >= 0.3 is 0 Å². The first-order valence-electron chi connectivity index (χ1n) is 8.65. The van der Waals surface area contributed by atoms with Crippen molar-refractivity contribution in [2.24, 2.45) is 0 Å². The summed E-state index contributed by atoms with van der Waals surface area (Å²) in [5.74, 6) is 1.38. The largest absolute Gasteiger partial charge is 0.439 e. The third-order valence-corrected chi connectivity index (χ3v) is 5.46. The van der Waals surface area contributed by atoms with Gasteiger partial charge in [-0.15, -0.1) is 0 Å². The number of aromatic nitrogens is 4. The van der Waals surface area contributed by atoms with Crippen LogP contribution < -0.4 is 9.46 Å². The van der Waals surface area contributed by atoms with Gasteiger partial charge in [0.1, 0.15) is 35.2 Å². The van der Waals surface area contributed by atoms with E-state index in [1.807, 2.05) is 6.07 Å². The molecular weight excluding hydrogens is 404 g/mol. The summed E-state index contributed by atoms with van der Waals surface area (Å²) in [5, 5.41) is 9.13. The molecule has 0 amide bonds. The molecule has 0 spiro atoms. The van der Waals surface area contributed by atoms with Gasteiger partial charge in [-0.3, -0.25) is 9.29 Å². The van der Waals surface area contributed by atoms with Crippen molar-refractivity contribution in [3.05, 3.63) is 85.2 Å². The SMILES string of the molecule is N#Cc1ccccc1S(=O)(=O)Nc1ccc(Oc2cc(-n3ccnc3)ncn2)cc1. The van der Waals surface area contributed by atoms with Crippen LogP contribution in [0.3, 0.4) is 0 Å². The zero-order valence-corrected chi connectivity index (χ0v) is 16.2. The topological polar surface area (TPSA) is 123 Å². The van der Waals surface area contributed by atoms with Crippen molar-refractivity contribution in [3.8, 4) is 23.5 Å². The van der Waals surface area contributed by atoms with Crippen LogP contribution >= 0.6 is 0 Å². The van der Waals surface area contributed by atoms with Crippen molar-refractivity contribution in [1.29, 1.82) is 5.26 Å². The van der Waals surface area contributed by atoms with Gasteiger partial charge in [-0.1, -0.05) is 12.1 Å². The van der Waals surface area contributed by atoms with Gasteiger partial charge in [-0.25, -0.2) is 23.4 Å². The van der Waals surface area contributed by atoms with Crippen LogP contribution in [0.15, 0.2) is 84.5 Å². The Bertz CT molecular complexity index is 1310. The highest BCUT2D eigenvalue weighted by Gasteiger charge is 2.18. The van der Waals surface area contributed by atoms with Gasteiger partial charge in [0.15, 0.2) is 0 Å². The second kappa shape index (κ2) is 8.02. The lowest BCUT2D eigenvalue weighted by Crippen LogP contribution is -2.14. The molecule has 4 rings (SSSR count). The second-order valence-corrected chi connectivity index (χ2v) is 7.68. The molecule has 0 aliphatic rings. The average molecular weight is 418 g/mol. The van der Waals surface area contributed by atoms with Crippen molar-refractivity contribution in [2.75, 3.05) is 4.72 Å². The van der Waals surface area contributed by atoms with Crippen molar-refractivity contribution in [3.63, 3.8) is 0 Å². The second-order valence-electron chi connectivity index (χ2n) is 6.02. The molecule has 0 unspecified atom stereocenters. The maximum absolute atomic E-state index is 12.6. The number of benzene rings is 2. The molecule has 4 aromatic rings. The fraction of sp³-hybridized carbons (Fsp3) is 0. The summed E-state index contributed by atoms with van der Waals surface area (Å²) in [6.45, 7) is 0. The van der Waals surface area contributed by atoms with Crippen LogP contribution in [0.1, 0.15) is 5.56 Å². The molecule has 0 atom stereocenters. The van der Waals surface area contributed by atoms with Gasteiger partial charge in [0.25, 0.3) is 10.0 Å². The van der Waals surface area contributed by atoms with Crippen LogP contribution in [0.4, 0.5) is 5.69 Å². The number of nitriles is 1. The standard InChI is InChI=1S/C20H14N6O3S/c21-12-15-3-1-2-4-18(15)30(27,28)25-16-5-7-17(8-6-16)29-20-11-19(23-13-24-20)26-10-9-22-14-26/h1-11,13-14,25H. The Morgan fingerprint density at radius 2 is 1.87 bits per heavy atom. The van der Waals surface area contributed by atoms with Gasteiger partial charge in [-0.2, -0.15) is 5.26 Å². The monoisotopic (exact) mass is 418 g/mol. The molecule has 0 bridgehead atoms. The summed E-state index contributed by atoms with van der Waals surface area (Å²) in [7, 11) is -3.90. The quantitative estimate of drug-likeness (QED) is 0.510. The van der Waals surface area contributed by atoms with E-state index in [9.17, 15) is 8.42 Å². The predicted molar refractivity (Wildman–Crippen MR) is 108 cm³/mol. The average Bonchev–Trinajstić information content (AvgIpc) is 3.30. The van der Waals surface area contributed by atoms with E-state index >= 15 is 0 Å². The highest BCUT2D eigenvalue weighted by molar-refractivity contribution is 7.92. The van der Waals surface area contributed by atoms with E-state index in [-0.39, 0.29) is 10.5 Å². The normalized spacial score (nSPS) is 10.9. The minimum absolute atomic E-state index is 0.0717. The number of hydrogen-bond acceptors (Lipinski definition) is 7. The van der Waals surface area contributed by atoms with Crippen LogP contribution in [-0.4, -0.2) is 27.9 Å². The maximum atomic E-state index is 12.6. The summed E-state index contributed by atoms with van der Waals surface area (Å²) in [5.41, 5.74) is 0.402. The lowest BCUT2D eigenvalue weighted by atomic mass is 10.2. The molecule has 0 saturated heterocycles. The third-order valence-electron chi connectivity index (χ3n) is 4.02. The van der Waals surface area contributed by atoms with Gasteiger partial charge in [0.2, 0.25) is 5.88 Å². The number of rotatable bonds is 6. The molecular formula is C20H14N6O3S. The van der Waals surface area contributed by atoms with Gasteiger partial charge < -0.3 is 4.74 Å². The summed E-state index contributed by atoms with van der Waals surface area (Å²) in [6, 6.07) is 15.8. The summed E-state index contributed by atoms with van der Waals surface area (Å²) in [6.07, 6.45) is 6.37. The number of anilines is 1. The van der Waals surface area contributed by atoms with Crippen molar-refractivity contribution in [2.45, 2.75) is 4.90 Å². The Labute approximate surface area is 172 Å². The first-order chi connectivity index (χ1) is 14.5. The maximum Gasteiger partial charge on any atom is 0.263 e. The number of hydrogen-bond donors (Lipinski definition) is 1. The zero-order valence-electron chi connectivity index (χ0n) is 15.4. The summed E-state index contributed by atoms with van der Waals surface area (Å²) in [4.78, 5) is 12.1. The van der Waals surface area contributed by atoms with Gasteiger partial charge in [0.05, 0.1) is 5.56 Å². The first-order valence-corrected chi connectivity index (χ1v) is 10.1. The number of nitrogens with one attached hydrogen (secondary N) is 1. The molecule has 30 heavy (non-hydrogen) atoms. The smallest absolute Gasteiger partial charge is 0.263 e. The zero-order chi connectivity index (χ0) is 21.0. The third kappa shape index (κ3) is 4.11. The van der Waals surface area contributed by atoms with Crippen LogP contribution in [0.25, 0.3) is 5.82 Å². The number of sulfonamides is 1. The van der Waals surface area contributed by atoms with Gasteiger partial charge in [0, 0.05) is 24.1 Å². The van der Waals surface area contributed by atoms with Crippen molar-refractivity contribution in [1.82, 2.24) is 19.5 Å². The van der Waals surface area contributed by atoms with E-state index < -0.39 is 10.0 Å². The number of ether oxygens (including phenoxy) is 1. The van der Waals surface area contributed by atoms with E-state index in [1.54, 1.807) is 65.8 Å². The van der Waals surface area contributed by atoms with E-state index in [4.69, 9.17) is 10.00 Å². The molecule has 0 radical (unpaired) electrons. The first kappa shape index (κ1) is 19.1. The fourth-order valence-electron chi connectivity index (χ4n) is 2.64. The van der Waals surface area contributed by atoms with Crippen LogP contribution in [0.2, 0.25) is 0 Å². The molecule has 2 aromatic carbocycles. The minimum Gasteiger partial charge on any atom is -0.439 e. The van der Waals surface area contributed by atoms with Crippen LogP contribution in [-0.2, 0) is 10.0 Å². The molecule has 0 fully saturated rings. The Balaban J connectivity index is 1.50. The molecule has 0 saturated carbocycles. The van der Waals surface area contributed by atoms with Gasteiger partial charge in [-0.05, 0) is 36.4 Å². The van der Waals surface area contributed by atoms with Crippen molar-refractivity contribution >= 4 is 15.7 Å². The van der Waals surface area contributed by atoms with E-state index in [0.29, 0.717) is 23.1 Å². The lowest BCUT2D eigenvalue weighted by Gasteiger charge is -2.10. The lowest BCUT2D eigenvalue weighted by molar-refractivity contribution is 0.461. The van der Waals surface area contributed by atoms with Crippen LogP contribution in [0, 0.1) is 11.3 Å². The Kier molecular flexibility index (Phi) is 5.11. The number of imidazole rings is 1. The molecule has 2 aromatic heterocycles. The van der Waals surface area contributed by atoms with E-state index in [0.717, 1.165) is 0 Å². The van der Waals surface area contributed by atoms with Crippen LogP contribution in [0.5, 0.6) is 11.6 Å². The minimum atomic E-state index is -3.90. The van der Waals surface area contributed by atoms with E-state index in [2.05, 4.69) is 19.7 Å². The van der Waals surface area contributed by atoms with E-state index in [1.165, 1.54) is 18.5 Å². The summed E-state index contributed by atoms with van der Waals surface area (Å²) < 4.78 is 35.1. The summed E-state index contributed by atoms with van der Waals surface area (Å²) >= 11 is 0. The fourth-order valence-corrected chi connectivity index (χ4v) is 3.85. The van der Waals surface area contributed by atoms with Crippen molar-refractivity contribution < 1.29 is 13.2 Å². The molecule has 10 heteroatoms. The Morgan fingerprint density at radius 3 is 2.60 bits per heavy atom. The molecule has 9 nitrogen and oxygen atoms in total. The highest BCUT2D eigenvalue weighted by atomic mass is 32.2. The highest BCUT2D eigenvalue weighted by Crippen LogP contribution is 2.24.